The van der Waals surface area contributed by atoms with E-state index < -0.39 is 0 Å². The van der Waals surface area contributed by atoms with Crippen molar-refractivity contribution < 1.29 is 0 Å². The van der Waals surface area contributed by atoms with Crippen molar-refractivity contribution in [1.29, 1.82) is 0 Å². The molecule has 0 aliphatic heterocycles. The highest BCUT2D eigenvalue weighted by atomic mass is 79.9. The number of thiophene rings is 1. The Balaban J connectivity index is 2.51. The van der Waals surface area contributed by atoms with E-state index in [-0.39, 0.29) is 5.56 Å². The van der Waals surface area contributed by atoms with Crippen LogP contribution < -0.4 is 5.56 Å². The first-order valence-electron chi connectivity index (χ1n) is 6.09. The molecule has 0 saturated carbocycles. The number of fused-ring (bicyclic) bond motifs is 1. The lowest BCUT2D eigenvalue weighted by molar-refractivity contribution is 0.467. The number of rotatable bonds is 4. The van der Waals surface area contributed by atoms with E-state index >= 15 is 0 Å². The van der Waals surface area contributed by atoms with Crippen LogP contribution in [0.3, 0.4) is 0 Å². The summed E-state index contributed by atoms with van der Waals surface area (Å²) in [7, 11) is 0. The summed E-state index contributed by atoms with van der Waals surface area (Å²) >= 11 is 5.09. The number of aromatic nitrogens is 2. The summed E-state index contributed by atoms with van der Waals surface area (Å²) in [5, 5.41) is 1.71. The van der Waals surface area contributed by atoms with E-state index in [0.717, 1.165) is 34.1 Å². The maximum Gasteiger partial charge on any atom is 0.262 e. The van der Waals surface area contributed by atoms with E-state index in [1.165, 1.54) is 4.88 Å². The molecule has 0 spiro atoms. The van der Waals surface area contributed by atoms with Crippen molar-refractivity contribution in [3.05, 3.63) is 27.1 Å². The molecule has 0 fully saturated rings. The Kier molecular flexibility index (Phi) is 4.22. The van der Waals surface area contributed by atoms with Crippen molar-refractivity contribution in [3.63, 3.8) is 0 Å². The van der Waals surface area contributed by atoms with Gasteiger partial charge in [0.2, 0.25) is 0 Å². The molecule has 5 heteroatoms. The van der Waals surface area contributed by atoms with Gasteiger partial charge in [-0.2, -0.15) is 0 Å². The van der Waals surface area contributed by atoms with Crippen LogP contribution in [0.4, 0.5) is 0 Å². The van der Waals surface area contributed by atoms with Crippen LogP contribution >= 0.6 is 27.3 Å². The van der Waals surface area contributed by atoms with E-state index in [2.05, 4.69) is 27.8 Å². The smallest absolute Gasteiger partial charge is 0.262 e. The van der Waals surface area contributed by atoms with Gasteiger partial charge in [-0.05, 0) is 25.3 Å². The molecule has 2 aromatic rings. The molecule has 2 aromatic heterocycles. The van der Waals surface area contributed by atoms with Gasteiger partial charge in [-0.1, -0.05) is 29.3 Å². The van der Waals surface area contributed by atoms with Crippen LogP contribution in [0.15, 0.2) is 11.1 Å². The van der Waals surface area contributed by atoms with E-state index in [1.54, 1.807) is 22.2 Å². The largest absolute Gasteiger partial charge is 0.298 e. The molecule has 0 N–H and O–H groups in total. The molecular formula is C13H17BrN2OS. The Labute approximate surface area is 119 Å². The Bertz CT molecular complexity index is 613. The van der Waals surface area contributed by atoms with E-state index in [4.69, 9.17) is 0 Å². The second-order valence-electron chi connectivity index (χ2n) is 4.59. The number of aryl methyl sites for hydroxylation is 2. The van der Waals surface area contributed by atoms with Crippen LogP contribution in [0.5, 0.6) is 0 Å². The fourth-order valence-electron chi connectivity index (χ4n) is 1.97. The number of hydrogen-bond donors (Lipinski definition) is 0. The average Bonchev–Trinajstić information content (AvgIpc) is 2.65. The zero-order chi connectivity index (χ0) is 13.3. The first kappa shape index (κ1) is 13.7. The van der Waals surface area contributed by atoms with E-state index in [1.807, 2.05) is 13.8 Å². The van der Waals surface area contributed by atoms with E-state index in [9.17, 15) is 4.79 Å². The van der Waals surface area contributed by atoms with Crippen LogP contribution in [-0.2, 0) is 6.54 Å². The van der Waals surface area contributed by atoms with Gasteiger partial charge in [0.1, 0.15) is 4.83 Å². The SMILES string of the molecule is CCC(CBr)Cn1cnc2sc(C)c(C)c2c1=O. The van der Waals surface area contributed by atoms with Crippen LogP contribution in [0.1, 0.15) is 23.8 Å². The highest BCUT2D eigenvalue weighted by Crippen LogP contribution is 2.25. The van der Waals surface area contributed by atoms with Crippen molar-refractivity contribution in [3.8, 4) is 0 Å². The summed E-state index contributed by atoms with van der Waals surface area (Å²) in [6.07, 6.45) is 2.74. The molecule has 0 saturated heterocycles. The van der Waals surface area contributed by atoms with Gasteiger partial charge in [-0.25, -0.2) is 4.98 Å². The van der Waals surface area contributed by atoms with Crippen molar-refractivity contribution in [2.45, 2.75) is 33.7 Å². The first-order valence-corrected chi connectivity index (χ1v) is 8.03. The van der Waals surface area contributed by atoms with Crippen LogP contribution in [0.25, 0.3) is 10.2 Å². The third-order valence-corrected chi connectivity index (χ3v) is 5.44. The Morgan fingerprint density at radius 2 is 2.22 bits per heavy atom. The van der Waals surface area contributed by atoms with Crippen molar-refractivity contribution in [2.75, 3.05) is 5.33 Å². The van der Waals surface area contributed by atoms with Gasteiger partial charge in [-0.15, -0.1) is 11.3 Å². The van der Waals surface area contributed by atoms with Gasteiger partial charge in [0.05, 0.1) is 11.7 Å². The summed E-state index contributed by atoms with van der Waals surface area (Å²) < 4.78 is 1.75. The topological polar surface area (TPSA) is 34.9 Å². The molecule has 3 nitrogen and oxygen atoms in total. The van der Waals surface area contributed by atoms with Crippen LogP contribution in [0.2, 0.25) is 0 Å². The summed E-state index contributed by atoms with van der Waals surface area (Å²) in [5.41, 5.74) is 1.18. The molecule has 2 rings (SSSR count). The molecule has 2 heterocycles. The zero-order valence-electron chi connectivity index (χ0n) is 10.9. The zero-order valence-corrected chi connectivity index (χ0v) is 13.3. The molecular weight excluding hydrogens is 312 g/mol. The molecule has 18 heavy (non-hydrogen) atoms. The van der Waals surface area contributed by atoms with Crippen LogP contribution in [-0.4, -0.2) is 14.9 Å². The van der Waals surface area contributed by atoms with Gasteiger partial charge in [-0.3, -0.25) is 9.36 Å². The fourth-order valence-corrected chi connectivity index (χ4v) is 3.62. The fraction of sp³-hybridized carbons (Fsp3) is 0.538. The van der Waals surface area contributed by atoms with Crippen molar-refractivity contribution in [1.82, 2.24) is 9.55 Å². The number of alkyl halides is 1. The molecule has 0 radical (unpaired) electrons. The lowest BCUT2D eigenvalue weighted by Crippen LogP contribution is -2.24. The summed E-state index contributed by atoms with van der Waals surface area (Å²) in [5.74, 6) is 0.474. The normalized spacial score (nSPS) is 13.1. The highest BCUT2D eigenvalue weighted by molar-refractivity contribution is 9.09. The number of hydrogen-bond acceptors (Lipinski definition) is 3. The molecule has 0 aliphatic carbocycles. The third-order valence-electron chi connectivity index (χ3n) is 3.41. The minimum absolute atomic E-state index is 0.0984. The molecule has 1 atom stereocenters. The predicted octanol–water partition coefficient (Wildman–Crippen LogP) is 3.50. The number of nitrogens with zero attached hydrogens (tertiary/aromatic N) is 2. The highest BCUT2D eigenvalue weighted by Gasteiger charge is 2.13. The Morgan fingerprint density at radius 1 is 1.50 bits per heavy atom. The van der Waals surface area contributed by atoms with Crippen molar-refractivity contribution in [2.24, 2.45) is 5.92 Å². The van der Waals surface area contributed by atoms with Gasteiger partial charge >= 0.3 is 0 Å². The summed E-state index contributed by atoms with van der Waals surface area (Å²) in [4.78, 5) is 18.9. The predicted molar refractivity (Wildman–Crippen MR) is 80.9 cm³/mol. The Morgan fingerprint density at radius 3 is 2.83 bits per heavy atom. The molecule has 0 aliphatic rings. The molecule has 0 bridgehead atoms. The second-order valence-corrected chi connectivity index (χ2v) is 6.44. The molecule has 1 unspecified atom stereocenters. The second kappa shape index (κ2) is 5.53. The first-order chi connectivity index (χ1) is 8.58. The standard InChI is InChI=1S/C13H17BrN2OS/c1-4-10(5-14)6-16-7-15-12-11(13(16)17)8(2)9(3)18-12/h7,10H,4-6H2,1-3H3. The minimum Gasteiger partial charge on any atom is -0.298 e. The lowest BCUT2D eigenvalue weighted by atomic mass is 10.1. The molecule has 0 amide bonds. The molecule has 98 valence electrons. The third kappa shape index (κ3) is 2.38. The lowest BCUT2D eigenvalue weighted by Gasteiger charge is -2.13. The van der Waals surface area contributed by atoms with Gasteiger partial charge in [0.25, 0.3) is 5.56 Å². The van der Waals surface area contributed by atoms with Gasteiger partial charge in [0, 0.05) is 16.8 Å². The quantitative estimate of drug-likeness (QED) is 0.805. The monoisotopic (exact) mass is 328 g/mol. The summed E-state index contributed by atoms with van der Waals surface area (Å²) in [6.45, 7) is 6.92. The maximum atomic E-state index is 12.4. The van der Waals surface area contributed by atoms with Crippen LogP contribution in [0, 0.1) is 19.8 Å². The van der Waals surface area contributed by atoms with E-state index in [0.29, 0.717) is 5.92 Å². The number of halogens is 1. The minimum atomic E-state index is 0.0984. The van der Waals surface area contributed by atoms with Gasteiger partial charge < -0.3 is 0 Å². The van der Waals surface area contributed by atoms with Gasteiger partial charge in [0.15, 0.2) is 0 Å². The summed E-state index contributed by atoms with van der Waals surface area (Å²) in [6, 6.07) is 0. The average molecular weight is 329 g/mol. The Hall–Kier alpha value is -0.680. The molecule has 0 aromatic carbocycles. The van der Waals surface area contributed by atoms with Crippen molar-refractivity contribution >= 4 is 37.5 Å². The maximum absolute atomic E-state index is 12.4.